The van der Waals surface area contributed by atoms with Crippen LogP contribution in [0.2, 0.25) is 0 Å². The second kappa shape index (κ2) is 10.00. The quantitative estimate of drug-likeness (QED) is 0.181. The van der Waals surface area contributed by atoms with Crippen molar-refractivity contribution in [1.82, 2.24) is 0 Å². The minimum Gasteiger partial charge on any atom is -0.123 e. The van der Waals surface area contributed by atoms with Gasteiger partial charge >= 0.3 is 0 Å². The number of hydrogen-bond acceptors (Lipinski definition) is 0. The molecule has 0 radical (unpaired) electrons. The Morgan fingerprint density at radius 3 is 1.29 bits per heavy atom. The van der Waals surface area contributed by atoms with Gasteiger partial charge in [0.15, 0.2) is 0 Å². The molecule has 0 aliphatic carbocycles. The molecular weight excluding hydrogens is 446 g/mol. The van der Waals surface area contributed by atoms with E-state index < -0.39 is 0 Å². The third-order valence-corrected chi connectivity index (χ3v) is 10.5. The van der Waals surface area contributed by atoms with E-state index in [2.05, 4.69) is 84.9 Å². The van der Waals surface area contributed by atoms with E-state index in [1.54, 1.807) is 21.4 Å². The van der Waals surface area contributed by atoms with Gasteiger partial charge in [-0.2, -0.15) is 0 Å². The van der Waals surface area contributed by atoms with Crippen molar-refractivity contribution in [3.05, 3.63) is 96.1 Å². The van der Waals surface area contributed by atoms with Crippen molar-refractivity contribution < 1.29 is 0 Å². The molecule has 0 spiro atoms. The van der Waals surface area contributed by atoms with Crippen LogP contribution in [0.4, 0.5) is 0 Å². The van der Waals surface area contributed by atoms with Gasteiger partial charge in [0.2, 0.25) is 0 Å². The maximum Gasteiger partial charge on any atom is 0.00259 e. The van der Waals surface area contributed by atoms with Crippen LogP contribution in [0.1, 0.15) is 49.7 Å². The standard InChI is InChI=1S/C32H32P2/c1(3-5-13-23-15-11-19-27-25-17-7-9-21-29(25)33-31(23)27)2-4-6-14-24-16-12-20-28-26-18-8-10-22-30(26)34-32(24)28/h7-12,15-22,33-34H,1-6,13-14H2. The summed E-state index contributed by atoms with van der Waals surface area (Å²) in [5, 5.41) is 12.2. The molecule has 2 heterocycles. The molecule has 0 aliphatic heterocycles. The molecule has 170 valence electrons. The zero-order chi connectivity index (χ0) is 22.7. The summed E-state index contributed by atoms with van der Waals surface area (Å²) in [6.45, 7) is 0. The molecule has 2 heteroatoms. The summed E-state index contributed by atoms with van der Waals surface area (Å²) < 4.78 is 0. The number of unbranched alkanes of at least 4 members (excludes halogenated alkanes) is 5. The number of aryl methyl sites for hydroxylation is 2. The molecule has 2 atom stereocenters. The van der Waals surface area contributed by atoms with Crippen LogP contribution < -0.4 is 0 Å². The van der Waals surface area contributed by atoms with E-state index in [1.807, 2.05) is 0 Å². The fraction of sp³-hybridized carbons (Fsp3) is 0.250. The van der Waals surface area contributed by atoms with Crippen molar-refractivity contribution >= 4 is 58.4 Å². The second-order valence-corrected chi connectivity index (χ2v) is 12.2. The smallest absolute Gasteiger partial charge is 0.00259 e. The predicted octanol–water partition coefficient (Wildman–Crippen LogP) is 10.5. The molecule has 0 fully saturated rings. The Morgan fingerprint density at radius 1 is 0.382 bits per heavy atom. The molecule has 4 aromatic carbocycles. The van der Waals surface area contributed by atoms with Gasteiger partial charge in [0.1, 0.15) is 0 Å². The lowest BCUT2D eigenvalue weighted by Crippen LogP contribution is -1.88. The van der Waals surface area contributed by atoms with E-state index in [4.69, 9.17) is 0 Å². The minimum absolute atomic E-state index is 0.840. The summed E-state index contributed by atoms with van der Waals surface area (Å²) in [6, 6.07) is 31.8. The third-order valence-electron chi connectivity index (χ3n) is 7.40. The molecule has 0 aliphatic rings. The molecule has 0 saturated heterocycles. The maximum atomic E-state index is 2.37. The highest BCUT2D eigenvalue weighted by Gasteiger charge is 2.08. The van der Waals surface area contributed by atoms with Gasteiger partial charge in [-0.1, -0.05) is 111 Å². The van der Waals surface area contributed by atoms with Crippen LogP contribution in [0.3, 0.4) is 0 Å². The molecule has 2 aromatic heterocycles. The fourth-order valence-corrected chi connectivity index (χ4v) is 8.67. The highest BCUT2D eigenvalue weighted by molar-refractivity contribution is 7.44. The lowest BCUT2D eigenvalue weighted by atomic mass is 10.0. The van der Waals surface area contributed by atoms with Gasteiger partial charge in [-0.15, -0.1) is 16.4 Å². The first-order chi connectivity index (χ1) is 16.9. The van der Waals surface area contributed by atoms with Crippen molar-refractivity contribution in [3.8, 4) is 0 Å². The summed E-state index contributed by atoms with van der Waals surface area (Å²) in [5.74, 6) is 0. The largest absolute Gasteiger partial charge is 0.123 e. The molecule has 0 N–H and O–H groups in total. The van der Waals surface area contributed by atoms with E-state index in [0.717, 1.165) is 16.4 Å². The Bertz CT molecular complexity index is 1450. The third kappa shape index (κ3) is 4.31. The molecule has 34 heavy (non-hydrogen) atoms. The van der Waals surface area contributed by atoms with Crippen LogP contribution in [0, 0.1) is 0 Å². The summed E-state index contributed by atoms with van der Waals surface area (Å²) in [4.78, 5) is 0. The first kappa shape index (κ1) is 22.0. The Morgan fingerprint density at radius 2 is 0.794 bits per heavy atom. The minimum atomic E-state index is 0.840. The molecule has 6 aromatic rings. The van der Waals surface area contributed by atoms with Crippen LogP contribution in [0.25, 0.3) is 42.0 Å². The topological polar surface area (TPSA) is 0 Å². The Hall–Kier alpha value is -2.52. The van der Waals surface area contributed by atoms with Gasteiger partial charge in [0, 0.05) is 10.2 Å². The van der Waals surface area contributed by atoms with E-state index in [1.165, 1.54) is 83.1 Å². The van der Waals surface area contributed by atoms with Crippen molar-refractivity contribution in [2.24, 2.45) is 0 Å². The predicted molar refractivity (Wildman–Crippen MR) is 157 cm³/mol. The second-order valence-electron chi connectivity index (χ2n) is 9.64. The monoisotopic (exact) mass is 478 g/mol. The molecule has 0 nitrogen and oxygen atoms in total. The van der Waals surface area contributed by atoms with Crippen LogP contribution in [-0.4, -0.2) is 0 Å². The van der Waals surface area contributed by atoms with E-state index in [9.17, 15) is 0 Å². The normalized spacial score (nSPS) is 12.4. The zero-order valence-electron chi connectivity index (χ0n) is 19.7. The first-order valence-electron chi connectivity index (χ1n) is 12.8. The van der Waals surface area contributed by atoms with E-state index in [0.29, 0.717) is 0 Å². The lowest BCUT2D eigenvalue weighted by molar-refractivity contribution is 0.595. The number of rotatable bonds is 9. The highest BCUT2D eigenvalue weighted by atomic mass is 31.0. The van der Waals surface area contributed by atoms with Crippen molar-refractivity contribution in [2.75, 3.05) is 0 Å². The molecule has 0 bridgehead atoms. The number of hydrogen-bond donors (Lipinski definition) is 0. The van der Waals surface area contributed by atoms with Gasteiger partial charge in [0.05, 0.1) is 0 Å². The van der Waals surface area contributed by atoms with Crippen molar-refractivity contribution in [2.45, 2.75) is 51.4 Å². The van der Waals surface area contributed by atoms with E-state index >= 15 is 0 Å². The average Bonchev–Trinajstić information content (AvgIpc) is 3.45. The van der Waals surface area contributed by atoms with E-state index in [-0.39, 0.29) is 0 Å². The van der Waals surface area contributed by atoms with Crippen LogP contribution in [-0.2, 0) is 12.8 Å². The molecule has 6 rings (SSSR count). The molecule has 2 unspecified atom stereocenters. The first-order valence-corrected chi connectivity index (χ1v) is 14.8. The summed E-state index contributed by atoms with van der Waals surface area (Å²) in [5.41, 5.74) is 3.18. The molecule has 0 amide bonds. The van der Waals surface area contributed by atoms with Gasteiger partial charge in [0.25, 0.3) is 0 Å². The van der Waals surface area contributed by atoms with Crippen molar-refractivity contribution in [3.63, 3.8) is 0 Å². The maximum absolute atomic E-state index is 2.37. The fourth-order valence-electron chi connectivity index (χ4n) is 5.62. The zero-order valence-corrected chi connectivity index (χ0v) is 21.7. The lowest BCUT2D eigenvalue weighted by Gasteiger charge is -2.06. The summed E-state index contributed by atoms with van der Waals surface area (Å²) in [6.07, 6.45) is 10.6. The number of fused-ring (bicyclic) bond motifs is 6. The Balaban J connectivity index is 0.986. The summed E-state index contributed by atoms with van der Waals surface area (Å²) >= 11 is 0. The van der Waals surface area contributed by atoms with Gasteiger partial charge in [-0.3, -0.25) is 0 Å². The summed E-state index contributed by atoms with van der Waals surface area (Å²) in [7, 11) is 1.68. The van der Waals surface area contributed by atoms with Crippen LogP contribution in [0.5, 0.6) is 0 Å². The van der Waals surface area contributed by atoms with Gasteiger partial charge in [-0.05, 0) is 68.6 Å². The van der Waals surface area contributed by atoms with Crippen LogP contribution >= 0.6 is 16.4 Å². The highest BCUT2D eigenvalue weighted by Crippen LogP contribution is 2.41. The SMILES string of the molecule is c1ccc2c(c1)[pH]c1c(CCCCCCCCc3cccc4c3[pH]c3ccccc34)cccc12. The molecular formula is C32H32P2. The van der Waals surface area contributed by atoms with Crippen molar-refractivity contribution in [1.29, 1.82) is 0 Å². The van der Waals surface area contributed by atoms with Gasteiger partial charge < -0.3 is 0 Å². The molecule has 0 saturated carbocycles. The number of benzene rings is 4. The van der Waals surface area contributed by atoms with Crippen LogP contribution in [0.15, 0.2) is 84.9 Å². The average molecular weight is 479 g/mol. The van der Waals surface area contributed by atoms with Gasteiger partial charge in [-0.25, -0.2) is 0 Å². The Labute approximate surface area is 205 Å². The Kier molecular flexibility index (Phi) is 6.46.